The second-order valence-electron chi connectivity index (χ2n) is 6.99. The molecule has 142 valence electrons. The van der Waals surface area contributed by atoms with Gasteiger partial charge in [0.15, 0.2) is 11.5 Å². The van der Waals surface area contributed by atoms with E-state index >= 15 is 0 Å². The Bertz CT molecular complexity index is 936. The van der Waals surface area contributed by atoms with Crippen molar-refractivity contribution in [2.75, 3.05) is 13.2 Å². The van der Waals surface area contributed by atoms with Gasteiger partial charge >= 0.3 is 0 Å². The fourth-order valence-corrected chi connectivity index (χ4v) is 3.40. The molecule has 1 aromatic heterocycles. The zero-order chi connectivity index (χ0) is 19.2. The van der Waals surface area contributed by atoms with E-state index in [9.17, 15) is 4.79 Å². The highest BCUT2D eigenvalue weighted by Crippen LogP contribution is 2.34. The van der Waals surface area contributed by atoms with Crippen LogP contribution in [-0.2, 0) is 17.6 Å². The number of pyridine rings is 1. The van der Waals surface area contributed by atoms with Gasteiger partial charge in [-0.05, 0) is 53.3 Å². The van der Waals surface area contributed by atoms with Crippen molar-refractivity contribution in [2.45, 2.75) is 25.7 Å². The third kappa shape index (κ3) is 4.58. The van der Waals surface area contributed by atoms with Gasteiger partial charge < -0.3 is 9.47 Å². The molecule has 4 heteroatoms. The molecule has 0 atom stereocenters. The van der Waals surface area contributed by atoms with Gasteiger partial charge in [-0.25, -0.2) is 0 Å². The van der Waals surface area contributed by atoms with Gasteiger partial charge in [-0.2, -0.15) is 0 Å². The summed E-state index contributed by atoms with van der Waals surface area (Å²) in [5.74, 6) is 1.88. The normalized spacial score (nSPS) is 12.6. The molecule has 0 saturated heterocycles. The number of ketones is 1. The number of hydrogen-bond acceptors (Lipinski definition) is 4. The molecule has 0 spiro atoms. The van der Waals surface area contributed by atoms with Crippen LogP contribution >= 0.6 is 0 Å². The molecule has 0 N–H and O–H groups in total. The van der Waals surface area contributed by atoms with E-state index < -0.39 is 0 Å². The van der Waals surface area contributed by atoms with Crippen molar-refractivity contribution < 1.29 is 14.3 Å². The van der Waals surface area contributed by atoms with Gasteiger partial charge in [-0.1, -0.05) is 36.4 Å². The van der Waals surface area contributed by atoms with Crippen LogP contribution in [0.5, 0.6) is 11.5 Å². The summed E-state index contributed by atoms with van der Waals surface area (Å²) in [5.41, 5.74) is 4.49. The first-order chi connectivity index (χ1) is 13.8. The van der Waals surface area contributed by atoms with Crippen molar-refractivity contribution in [2.24, 2.45) is 0 Å². The molecule has 0 aliphatic carbocycles. The van der Waals surface area contributed by atoms with E-state index in [0.29, 0.717) is 26.1 Å². The zero-order valence-corrected chi connectivity index (χ0v) is 15.8. The van der Waals surface area contributed by atoms with Crippen LogP contribution in [0.3, 0.4) is 0 Å². The third-order valence-electron chi connectivity index (χ3n) is 4.87. The maximum Gasteiger partial charge on any atom is 0.161 e. The molecule has 3 aromatic rings. The fraction of sp³-hybridized carbons (Fsp3) is 0.250. The van der Waals surface area contributed by atoms with Crippen molar-refractivity contribution in [3.05, 3.63) is 78.1 Å². The summed E-state index contributed by atoms with van der Waals surface area (Å²) in [6.07, 6.45) is 6.31. The van der Waals surface area contributed by atoms with Crippen molar-refractivity contribution in [3.63, 3.8) is 0 Å². The van der Waals surface area contributed by atoms with Crippen LogP contribution in [0, 0.1) is 0 Å². The smallest absolute Gasteiger partial charge is 0.161 e. The van der Waals surface area contributed by atoms with Gasteiger partial charge in [0.25, 0.3) is 0 Å². The second kappa shape index (κ2) is 8.70. The van der Waals surface area contributed by atoms with Gasteiger partial charge in [-0.15, -0.1) is 0 Å². The fourth-order valence-electron chi connectivity index (χ4n) is 3.40. The second-order valence-corrected chi connectivity index (χ2v) is 6.99. The van der Waals surface area contributed by atoms with Crippen LogP contribution in [-0.4, -0.2) is 24.0 Å². The molecule has 4 rings (SSSR count). The zero-order valence-electron chi connectivity index (χ0n) is 15.8. The first-order valence-electron chi connectivity index (χ1n) is 9.67. The van der Waals surface area contributed by atoms with Crippen LogP contribution in [0.4, 0.5) is 0 Å². The Balaban J connectivity index is 1.30. The summed E-state index contributed by atoms with van der Waals surface area (Å²) in [4.78, 5) is 16.2. The van der Waals surface area contributed by atoms with E-state index in [0.717, 1.165) is 41.0 Å². The predicted molar refractivity (Wildman–Crippen MR) is 109 cm³/mol. The average Bonchev–Trinajstić information content (AvgIpc) is 2.74. The molecule has 2 aromatic carbocycles. The Hall–Kier alpha value is -3.14. The molecule has 2 heterocycles. The van der Waals surface area contributed by atoms with Gasteiger partial charge in [0.05, 0.1) is 0 Å². The number of benzene rings is 2. The van der Waals surface area contributed by atoms with Crippen molar-refractivity contribution in [3.8, 4) is 22.6 Å². The highest BCUT2D eigenvalue weighted by atomic mass is 16.6. The van der Waals surface area contributed by atoms with Crippen LogP contribution in [0.2, 0.25) is 0 Å². The topological polar surface area (TPSA) is 48.4 Å². The first-order valence-corrected chi connectivity index (χ1v) is 9.67. The summed E-state index contributed by atoms with van der Waals surface area (Å²) < 4.78 is 11.2. The number of ether oxygens (including phenoxy) is 2. The highest BCUT2D eigenvalue weighted by molar-refractivity contribution is 5.80. The number of carbonyl (C=O) groups excluding carboxylic acids is 1. The lowest BCUT2D eigenvalue weighted by Gasteiger charge is -2.19. The predicted octanol–water partition coefficient (Wildman–Crippen LogP) is 4.65. The number of nitrogens with zero attached hydrogens (tertiary/aromatic N) is 1. The number of rotatable bonds is 7. The summed E-state index contributed by atoms with van der Waals surface area (Å²) >= 11 is 0. The summed E-state index contributed by atoms with van der Waals surface area (Å²) in [5, 5.41) is 0. The van der Waals surface area contributed by atoms with Crippen LogP contribution in [0.25, 0.3) is 11.1 Å². The average molecular weight is 373 g/mol. The third-order valence-corrected chi connectivity index (χ3v) is 4.87. The van der Waals surface area contributed by atoms with Crippen LogP contribution in [0.1, 0.15) is 24.0 Å². The van der Waals surface area contributed by atoms with Gasteiger partial charge in [0.2, 0.25) is 0 Å². The van der Waals surface area contributed by atoms with E-state index in [2.05, 4.69) is 35.3 Å². The van der Waals surface area contributed by atoms with Crippen LogP contribution in [0.15, 0.2) is 67.0 Å². The Morgan fingerprint density at radius 1 is 0.893 bits per heavy atom. The molecule has 0 radical (unpaired) electrons. The number of carbonyl (C=O) groups is 1. The molecule has 0 bridgehead atoms. The number of fused-ring (bicyclic) bond motifs is 1. The van der Waals surface area contributed by atoms with Crippen molar-refractivity contribution in [1.29, 1.82) is 0 Å². The van der Waals surface area contributed by atoms with E-state index in [1.807, 2.05) is 24.3 Å². The number of aryl methyl sites for hydroxylation is 1. The minimum atomic E-state index is 0.265. The quantitative estimate of drug-likeness (QED) is 0.605. The molecule has 0 amide bonds. The molecule has 1 aliphatic heterocycles. The molecular formula is C24H23NO3. The van der Waals surface area contributed by atoms with Gasteiger partial charge in [-0.3, -0.25) is 9.78 Å². The number of Topliss-reactive ketones (excluding diaryl/α,β-unsaturated/α-hetero) is 1. The molecule has 28 heavy (non-hydrogen) atoms. The van der Waals surface area contributed by atoms with Gasteiger partial charge in [0, 0.05) is 25.2 Å². The Morgan fingerprint density at radius 2 is 1.68 bits per heavy atom. The van der Waals surface area contributed by atoms with Gasteiger partial charge in [0.1, 0.15) is 19.0 Å². The minimum Gasteiger partial charge on any atom is -0.486 e. The molecule has 0 fully saturated rings. The van der Waals surface area contributed by atoms with E-state index in [-0.39, 0.29) is 5.78 Å². The van der Waals surface area contributed by atoms with Crippen LogP contribution < -0.4 is 9.47 Å². The van der Waals surface area contributed by atoms with Crippen molar-refractivity contribution >= 4 is 5.78 Å². The van der Waals surface area contributed by atoms with E-state index in [4.69, 9.17) is 9.47 Å². The molecule has 0 saturated carbocycles. The largest absolute Gasteiger partial charge is 0.486 e. The molecule has 1 aliphatic rings. The Morgan fingerprint density at radius 3 is 2.46 bits per heavy atom. The lowest BCUT2D eigenvalue weighted by Crippen LogP contribution is -2.15. The molecule has 4 nitrogen and oxygen atoms in total. The molecule has 0 unspecified atom stereocenters. The SMILES string of the molecule is O=C(CCCc1ccc(-c2ccc3c(c2)OCCO3)cc1)Cc1cccnc1. The van der Waals surface area contributed by atoms with E-state index in [1.54, 1.807) is 12.4 Å². The standard InChI is InChI=1S/C24H23NO3/c26-22(15-19-4-2-12-25-17-19)5-1-3-18-6-8-20(9-7-18)21-10-11-23-24(16-21)28-14-13-27-23/h2,4,6-12,16-17H,1,3,5,13-15H2. The maximum absolute atomic E-state index is 12.1. The minimum absolute atomic E-state index is 0.265. The Kier molecular flexibility index (Phi) is 5.66. The monoisotopic (exact) mass is 373 g/mol. The first kappa shape index (κ1) is 18.2. The number of aromatic nitrogens is 1. The van der Waals surface area contributed by atoms with Crippen molar-refractivity contribution in [1.82, 2.24) is 4.98 Å². The lowest BCUT2D eigenvalue weighted by atomic mass is 10.00. The summed E-state index contributed by atoms with van der Waals surface area (Å²) in [7, 11) is 0. The summed E-state index contributed by atoms with van der Waals surface area (Å²) in [6.45, 7) is 1.20. The lowest BCUT2D eigenvalue weighted by molar-refractivity contribution is -0.118. The highest BCUT2D eigenvalue weighted by Gasteiger charge is 2.12. The number of hydrogen-bond donors (Lipinski definition) is 0. The Labute approximate surface area is 165 Å². The molecular weight excluding hydrogens is 350 g/mol. The maximum atomic E-state index is 12.1. The summed E-state index contributed by atoms with van der Waals surface area (Å²) in [6, 6.07) is 18.4. The van der Waals surface area contributed by atoms with E-state index in [1.165, 1.54) is 5.56 Å².